The molecule has 0 atom stereocenters. The molecular weight excluding hydrogens is 416 g/mol. The summed E-state index contributed by atoms with van der Waals surface area (Å²) in [6.07, 6.45) is 0. The van der Waals surface area contributed by atoms with Crippen molar-refractivity contribution in [3.8, 4) is 28.5 Å². The second kappa shape index (κ2) is 8.23. The zero-order valence-electron chi connectivity index (χ0n) is 19.2. The molecule has 0 saturated carbocycles. The van der Waals surface area contributed by atoms with Crippen LogP contribution >= 0.6 is 0 Å². The first kappa shape index (κ1) is 20.3. The van der Waals surface area contributed by atoms with Crippen LogP contribution < -0.4 is 0 Å². The van der Waals surface area contributed by atoms with Crippen molar-refractivity contribution in [1.29, 1.82) is 0 Å². The van der Waals surface area contributed by atoms with Gasteiger partial charge in [-0.25, -0.2) is 15.0 Å². The molecule has 0 bridgehead atoms. The van der Waals surface area contributed by atoms with Crippen molar-refractivity contribution >= 4 is 21.8 Å². The summed E-state index contributed by atoms with van der Waals surface area (Å²) in [4.78, 5) is 14.5. The molecule has 34 heavy (non-hydrogen) atoms. The Balaban J connectivity index is 1.58. The van der Waals surface area contributed by atoms with E-state index in [0.717, 1.165) is 28.2 Å². The number of aromatic nitrogens is 4. The van der Waals surface area contributed by atoms with Gasteiger partial charge in [0.1, 0.15) is 5.82 Å². The van der Waals surface area contributed by atoms with Crippen LogP contribution in [0.4, 0.5) is 0 Å². The minimum absolute atomic E-state index is 0.202. The molecule has 0 aliphatic rings. The highest BCUT2D eigenvalue weighted by atomic mass is 15.0. The zero-order valence-corrected chi connectivity index (χ0v) is 19.2. The molecular formula is C30H24N4. The van der Waals surface area contributed by atoms with Crippen LogP contribution in [-0.4, -0.2) is 19.5 Å². The highest BCUT2D eigenvalue weighted by Crippen LogP contribution is 2.34. The second-order valence-corrected chi connectivity index (χ2v) is 8.78. The fraction of sp³-hybridized carbons (Fsp3) is 0.100. The van der Waals surface area contributed by atoms with E-state index >= 15 is 0 Å². The summed E-state index contributed by atoms with van der Waals surface area (Å²) in [6.45, 7) is 4.23. The fourth-order valence-electron chi connectivity index (χ4n) is 4.46. The molecule has 0 amide bonds. The van der Waals surface area contributed by atoms with Gasteiger partial charge in [-0.05, 0) is 36.4 Å². The van der Waals surface area contributed by atoms with E-state index in [2.05, 4.69) is 85.1 Å². The van der Waals surface area contributed by atoms with Gasteiger partial charge in [0.2, 0.25) is 0 Å². The van der Waals surface area contributed by atoms with Crippen LogP contribution in [0.5, 0.6) is 0 Å². The maximum Gasteiger partial charge on any atom is 0.163 e. The van der Waals surface area contributed by atoms with Gasteiger partial charge in [-0.1, -0.05) is 80.6 Å². The van der Waals surface area contributed by atoms with Crippen LogP contribution in [0.2, 0.25) is 0 Å². The summed E-state index contributed by atoms with van der Waals surface area (Å²) >= 11 is 0. The molecule has 0 aliphatic heterocycles. The molecule has 4 heteroatoms. The molecule has 0 saturated heterocycles. The van der Waals surface area contributed by atoms with Gasteiger partial charge in [-0.2, -0.15) is 0 Å². The van der Waals surface area contributed by atoms with Crippen LogP contribution in [0, 0.1) is 0 Å². The first-order valence-electron chi connectivity index (χ1n) is 11.6. The number of nitrogens with zero attached hydrogens (tertiary/aromatic N) is 4. The average molecular weight is 441 g/mol. The molecule has 2 heterocycles. The maximum atomic E-state index is 4.88. The molecule has 4 aromatic carbocycles. The third kappa shape index (κ3) is 3.44. The number of hydrogen-bond acceptors (Lipinski definition) is 3. The van der Waals surface area contributed by atoms with Gasteiger partial charge >= 0.3 is 0 Å². The van der Waals surface area contributed by atoms with E-state index in [0.29, 0.717) is 11.6 Å². The third-order valence-electron chi connectivity index (χ3n) is 6.15. The van der Waals surface area contributed by atoms with Crippen molar-refractivity contribution in [2.45, 2.75) is 19.8 Å². The standard InChI is InChI=1S/C30H24N4/c1-20(2)28-31-29(21-11-5-3-6-12-21)33-30(32-28)22-17-18-27-25(19-22)24-15-9-10-16-26(24)34(27)23-13-7-4-8-14-23/h3-20H,1-2H3. The molecule has 4 nitrogen and oxygen atoms in total. The van der Waals surface area contributed by atoms with E-state index in [1.807, 2.05) is 36.4 Å². The summed E-state index contributed by atoms with van der Waals surface area (Å²) in [6, 6.07) is 35.7. The van der Waals surface area contributed by atoms with Gasteiger partial charge in [-0.15, -0.1) is 0 Å². The topological polar surface area (TPSA) is 43.6 Å². The lowest BCUT2D eigenvalue weighted by Gasteiger charge is -2.10. The van der Waals surface area contributed by atoms with E-state index in [1.54, 1.807) is 0 Å². The Kier molecular flexibility index (Phi) is 4.92. The van der Waals surface area contributed by atoms with Crippen molar-refractivity contribution in [2.75, 3.05) is 0 Å². The van der Waals surface area contributed by atoms with Crippen LogP contribution in [0.1, 0.15) is 25.6 Å². The number of fused-ring (bicyclic) bond motifs is 3. The lowest BCUT2D eigenvalue weighted by molar-refractivity contribution is 0.766. The monoisotopic (exact) mass is 440 g/mol. The number of rotatable bonds is 4. The van der Waals surface area contributed by atoms with E-state index in [9.17, 15) is 0 Å². The van der Waals surface area contributed by atoms with Crippen molar-refractivity contribution in [3.05, 3.63) is 109 Å². The van der Waals surface area contributed by atoms with E-state index in [-0.39, 0.29) is 5.92 Å². The largest absolute Gasteiger partial charge is 0.309 e. The summed E-state index contributed by atoms with van der Waals surface area (Å²) in [7, 11) is 0. The van der Waals surface area contributed by atoms with Gasteiger partial charge in [0.15, 0.2) is 11.6 Å². The molecule has 6 rings (SSSR count). The van der Waals surface area contributed by atoms with Crippen LogP contribution in [0.3, 0.4) is 0 Å². The Hall–Kier alpha value is -4.31. The highest BCUT2D eigenvalue weighted by Gasteiger charge is 2.16. The van der Waals surface area contributed by atoms with Crippen molar-refractivity contribution < 1.29 is 0 Å². The van der Waals surface area contributed by atoms with Crippen LogP contribution in [0.25, 0.3) is 50.3 Å². The minimum Gasteiger partial charge on any atom is -0.309 e. The van der Waals surface area contributed by atoms with Gasteiger partial charge in [0.25, 0.3) is 0 Å². The molecule has 2 aromatic heterocycles. The Morgan fingerprint density at radius 1 is 0.559 bits per heavy atom. The second-order valence-electron chi connectivity index (χ2n) is 8.78. The number of hydrogen-bond donors (Lipinski definition) is 0. The lowest BCUT2D eigenvalue weighted by Crippen LogP contribution is -2.04. The van der Waals surface area contributed by atoms with E-state index in [4.69, 9.17) is 15.0 Å². The Labute approximate surface area is 198 Å². The summed E-state index contributed by atoms with van der Waals surface area (Å²) < 4.78 is 2.32. The molecule has 0 fully saturated rings. The third-order valence-corrected chi connectivity index (χ3v) is 6.15. The maximum absolute atomic E-state index is 4.88. The number of para-hydroxylation sites is 2. The predicted molar refractivity (Wildman–Crippen MR) is 139 cm³/mol. The molecule has 0 aliphatic carbocycles. The van der Waals surface area contributed by atoms with Gasteiger partial charge in [0, 0.05) is 33.5 Å². The first-order chi connectivity index (χ1) is 16.7. The van der Waals surface area contributed by atoms with Gasteiger partial charge in [0.05, 0.1) is 11.0 Å². The molecule has 0 N–H and O–H groups in total. The Bertz CT molecular complexity index is 1620. The summed E-state index contributed by atoms with van der Waals surface area (Å²) in [5.41, 5.74) is 5.48. The highest BCUT2D eigenvalue weighted by molar-refractivity contribution is 6.10. The SMILES string of the molecule is CC(C)c1nc(-c2ccccc2)nc(-c2ccc3c(c2)c2ccccc2n3-c2ccccc2)n1. The molecule has 0 spiro atoms. The number of benzene rings is 4. The first-order valence-corrected chi connectivity index (χ1v) is 11.6. The lowest BCUT2D eigenvalue weighted by atomic mass is 10.1. The molecule has 0 unspecified atom stereocenters. The molecule has 6 aromatic rings. The minimum atomic E-state index is 0.202. The van der Waals surface area contributed by atoms with E-state index < -0.39 is 0 Å². The smallest absolute Gasteiger partial charge is 0.163 e. The van der Waals surface area contributed by atoms with Gasteiger partial charge < -0.3 is 4.57 Å². The van der Waals surface area contributed by atoms with Crippen molar-refractivity contribution in [1.82, 2.24) is 19.5 Å². The zero-order chi connectivity index (χ0) is 23.1. The molecule has 164 valence electrons. The van der Waals surface area contributed by atoms with Crippen molar-refractivity contribution in [2.24, 2.45) is 0 Å². The normalized spacial score (nSPS) is 11.5. The fourth-order valence-corrected chi connectivity index (χ4v) is 4.46. The van der Waals surface area contributed by atoms with Gasteiger partial charge in [-0.3, -0.25) is 0 Å². The predicted octanol–water partition coefficient (Wildman–Crippen LogP) is 7.43. The summed E-state index contributed by atoms with van der Waals surface area (Å²) in [5, 5.41) is 2.40. The van der Waals surface area contributed by atoms with E-state index in [1.165, 1.54) is 16.3 Å². The Morgan fingerprint density at radius 2 is 1.18 bits per heavy atom. The van der Waals surface area contributed by atoms with Crippen molar-refractivity contribution in [3.63, 3.8) is 0 Å². The Morgan fingerprint density at radius 3 is 1.91 bits per heavy atom. The summed E-state index contributed by atoms with van der Waals surface area (Å²) in [5.74, 6) is 2.42. The quantitative estimate of drug-likeness (QED) is 0.286. The molecule has 0 radical (unpaired) electrons. The average Bonchev–Trinajstić information content (AvgIpc) is 3.23. The van der Waals surface area contributed by atoms with Crippen LogP contribution in [0.15, 0.2) is 103 Å². The van der Waals surface area contributed by atoms with Crippen LogP contribution in [-0.2, 0) is 0 Å².